The Hall–Kier alpha value is -1.43. The lowest BCUT2D eigenvalue weighted by molar-refractivity contribution is -0.126. The van der Waals surface area contributed by atoms with Crippen molar-refractivity contribution in [3.8, 4) is 11.3 Å². The standard InChI is InChI=1S/C17H23N3OS.ClH/c1-4-10-17(3,18)16(21)19-12(2)15-20-14(11-22-15)13-8-6-5-7-9-13;/h5-9,11-12H,4,10,18H2,1-3H3,(H,19,21);1H. The van der Waals surface area contributed by atoms with E-state index in [4.69, 9.17) is 5.73 Å². The molecular weight excluding hydrogens is 330 g/mol. The van der Waals surface area contributed by atoms with Crippen molar-refractivity contribution in [2.75, 3.05) is 0 Å². The van der Waals surface area contributed by atoms with E-state index in [1.54, 1.807) is 18.3 Å². The molecule has 2 rings (SSSR count). The Kier molecular flexibility index (Phi) is 7.19. The first kappa shape index (κ1) is 19.6. The molecule has 0 aliphatic carbocycles. The van der Waals surface area contributed by atoms with Crippen LogP contribution in [-0.4, -0.2) is 16.4 Å². The van der Waals surface area contributed by atoms with E-state index in [0.717, 1.165) is 22.7 Å². The van der Waals surface area contributed by atoms with Gasteiger partial charge in [0, 0.05) is 10.9 Å². The minimum Gasteiger partial charge on any atom is -0.346 e. The number of hydrogen-bond donors (Lipinski definition) is 2. The molecule has 1 aromatic heterocycles. The van der Waals surface area contributed by atoms with Gasteiger partial charge in [-0.15, -0.1) is 23.7 Å². The zero-order valence-electron chi connectivity index (χ0n) is 13.7. The summed E-state index contributed by atoms with van der Waals surface area (Å²) in [6.07, 6.45) is 1.54. The van der Waals surface area contributed by atoms with E-state index in [9.17, 15) is 4.79 Å². The summed E-state index contributed by atoms with van der Waals surface area (Å²) in [5.74, 6) is -0.127. The highest BCUT2D eigenvalue weighted by Gasteiger charge is 2.28. The quantitative estimate of drug-likeness (QED) is 0.826. The van der Waals surface area contributed by atoms with Crippen LogP contribution in [-0.2, 0) is 4.79 Å². The first-order chi connectivity index (χ1) is 10.4. The molecule has 126 valence electrons. The van der Waals surface area contributed by atoms with Gasteiger partial charge in [-0.3, -0.25) is 4.79 Å². The van der Waals surface area contributed by atoms with Crippen LogP contribution in [0.3, 0.4) is 0 Å². The lowest BCUT2D eigenvalue weighted by atomic mass is 9.96. The maximum atomic E-state index is 12.3. The van der Waals surface area contributed by atoms with Gasteiger partial charge < -0.3 is 11.1 Å². The Bertz CT molecular complexity index is 628. The molecule has 0 fully saturated rings. The molecule has 0 aliphatic rings. The summed E-state index contributed by atoms with van der Waals surface area (Å²) >= 11 is 1.55. The minimum atomic E-state index is -0.831. The summed E-state index contributed by atoms with van der Waals surface area (Å²) in [7, 11) is 0. The van der Waals surface area contributed by atoms with E-state index < -0.39 is 5.54 Å². The summed E-state index contributed by atoms with van der Waals surface area (Å²) in [6.45, 7) is 5.73. The van der Waals surface area contributed by atoms with Gasteiger partial charge in [0.05, 0.1) is 17.3 Å². The zero-order valence-corrected chi connectivity index (χ0v) is 15.3. The van der Waals surface area contributed by atoms with Crippen molar-refractivity contribution in [2.24, 2.45) is 5.73 Å². The van der Waals surface area contributed by atoms with Gasteiger partial charge in [0.2, 0.25) is 5.91 Å². The molecule has 3 N–H and O–H groups in total. The van der Waals surface area contributed by atoms with Crippen LogP contribution in [0.2, 0.25) is 0 Å². The number of halogens is 1. The molecule has 1 amide bonds. The zero-order chi connectivity index (χ0) is 16.2. The van der Waals surface area contributed by atoms with Gasteiger partial charge in [-0.1, -0.05) is 43.7 Å². The van der Waals surface area contributed by atoms with Gasteiger partial charge in [0.1, 0.15) is 5.01 Å². The van der Waals surface area contributed by atoms with Crippen molar-refractivity contribution in [3.05, 3.63) is 40.7 Å². The molecule has 2 unspecified atom stereocenters. The molecule has 2 aromatic rings. The Balaban J connectivity index is 0.00000264. The summed E-state index contributed by atoms with van der Waals surface area (Å²) in [6, 6.07) is 9.87. The van der Waals surface area contributed by atoms with Crippen molar-refractivity contribution in [1.82, 2.24) is 10.3 Å². The second-order valence-corrected chi connectivity index (χ2v) is 6.69. The number of amides is 1. The maximum Gasteiger partial charge on any atom is 0.240 e. The van der Waals surface area contributed by atoms with Crippen LogP contribution in [0, 0.1) is 0 Å². The summed E-state index contributed by atoms with van der Waals surface area (Å²) in [4.78, 5) is 16.9. The number of benzene rings is 1. The SMILES string of the molecule is CCCC(C)(N)C(=O)NC(C)c1nc(-c2ccccc2)cs1.Cl. The summed E-state index contributed by atoms with van der Waals surface area (Å²) in [5.41, 5.74) is 7.25. The smallest absolute Gasteiger partial charge is 0.240 e. The van der Waals surface area contributed by atoms with Crippen molar-refractivity contribution in [2.45, 2.75) is 45.2 Å². The van der Waals surface area contributed by atoms with Crippen molar-refractivity contribution in [3.63, 3.8) is 0 Å². The number of nitrogens with zero attached hydrogens (tertiary/aromatic N) is 1. The second-order valence-electron chi connectivity index (χ2n) is 5.80. The van der Waals surface area contributed by atoms with Gasteiger partial charge in [-0.25, -0.2) is 4.98 Å². The third kappa shape index (κ3) is 5.03. The molecule has 0 radical (unpaired) electrons. The lowest BCUT2D eigenvalue weighted by Crippen LogP contribution is -2.52. The number of hydrogen-bond acceptors (Lipinski definition) is 4. The predicted molar refractivity (Wildman–Crippen MR) is 98.9 cm³/mol. The number of carbonyl (C=O) groups is 1. The van der Waals surface area contributed by atoms with E-state index in [1.807, 2.05) is 49.6 Å². The van der Waals surface area contributed by atoms with E-state index in [2.05, 4.69) is 10.3 Å². The Labute approximate surface area is 147 Å². The predicted octanol–water partition coefficient (Wildman–Crippen LogP) is 3.93. The van der Waals surface area contributed by atoms with Crippen LogP contribution in [0.15, 0.2) is 35.7 Å². The number of nitrogens with one attached hydrogen (secondary N) is 1. The first-order valence-corrected chi connectivity index (χ1v) is 8.42. The third-order valence-corrected chi connectivity index (χ3v) is 4.63. The van der Waals surface area contributed by atoms with Gasteiger partial charge in [-0.2, -0.15) is 0 Å². The van der Waals surface area contributed by atoms with E-state index in [-0.39, 0.29) is 24.4 Å². The fourth-order valence-electron chi connectivity index (χ4n) is 2.28. The van der Waals surface area contributed by atoms with Crippen LogP contribution < -0.4 is 11.1 Å². The third-order valence-electron chi connectivity index (χ3n) is 3.60. The molecule has 1 heterocycles. The van der Waals surface area contributed by atoms with Crippen LogP contribution in [0.1, 0.15) is 44.7 Å². The van der Waals surface area contributed by atoms with Gasteiger partial charge in [0.25, 0.3) is 0 Å². The highest BCUT2D eigenvalue weighted by atomic mass is 35.5. The summed E-state index contributed by atoms with van der Waals surface area (Å²) < 4.78 is 0. The number of carbonyl (C=O) groups excluding carboxylic acids is 1. The fraction of sp³-hybridized carbons (Fsp3) is 0.412. The van der Waals surface area contributed by atoms with Crippen molar-refractivity contribution in [1.29, 1.82) is 0 Å². The second kappa shape index (κ2) is 8.43. The van der Waals surface area contributed by atoms with Crippen LogP contribution in [0.25, 0.3) is 11.3 Å². The molecule has 0 spiro atoms. The number of aromatic nitrogens is 1. The van der Waals surface area contributed by atoms with Crippen LogP contribution >= 0.6 is 23.7 Å². The molecule has 23 heavy (non-hydrogen) atoms. The molecule has 0 bridgehead atoms. The largest absolute Gasteiger partial charge is 0.346 e. The minimum absolute atomic E-state index is 0. The highest BCUT2D eigenvalue weighted by Crippen LogP contribution is 2.25. The van der Waals surface area contributed by atoms with Crippen molar-refractivity contribution >= 4 is 29.7 Å². The van der Waals surface area contributed by atoms with E-state index in [1.165, 1.54) is 0 Å². The van der Waals surface area contributed by atoms with Gasteiger partial charge in [-0.05, 0) is 20.3 Å². The lowest BCUT2D eigenvalue weighted by Gasteiger charge is -2.24. The molecular formula is C17H24ClN3OS. The average Bonchev–Trinajstić information content (AvgIpc) is 2.98. The average molecular weight is 354 g/mol. The Morgan fingerprint density at radius 3 is 2.65 bits per heavy atom. The Morgan fingerprint density at radius 2 is 2.04 bits per heavy atom. The molecule has 0 saturated carbocycles. The fourth-order valence-corrected chi connectivity index (χ4v) is 3.12. The highest BCUT2D eigenvalue weighted by molar-refractivity contribution is 7.10. The van der Waals surface area contributed by atoms with Crippen LogP contribution in [0.5, 0.6) is 0 Å². The van der Waals surface area contributed by atoms with Crippen molar-refractivity contribution < 1.29 is 4.79 Å². The Morgan fingerprint density at radius 1 is 1.39 bits per heavy atom. The first-order valence-electron chi connectivity index (χ1n) is 7.54. The van der Waals surface area contributed by atoms with E-state index >= 15 is 0 Å². The molecule has 0 aliphatic heterocycles. The topological polar surface area (TPSA) is 68.0 Å². The number of thiazole rings is 1. The van der Waals surface area contributed by atoms with E-state index in [0.29, 0.717) is 6.42 Å². The number of rotatable bonds is 6. The molecule has 1 aromatic carbocycles. The number of nitrogens with two attached hydrogens (primary N) is 1. The molecule has 6 heteroatoms. The molecule has 2 atom stereocenters. The summed E-state index contributed by atoms with van der Waals surface area (Å²) in [5, 5.41) is 5.87. The van der Waals surface area contributed by atoms with Gasteiger partial charge in [0.15, 0.2) is 0 Å². The monoisotopic (exact) mass is 353 g/mol. The molecule has 0 saturated heterocycles. The normalized spacial score (nSPS) is 14.4. The van der Waals surface area contributed by atoms with Gasteiger partial charge >= 0.3 is 0 Å². The van der Waals surface area contributed by atoms with Crippen LogP contribution in [0.4, 0.5) is 0 Å². The maximum absolute atomic E-state index is 12.3. The molecule has 4 nitrogen and oxygen atoms in total.